The lowest BCUT2D eigenvalue weighted by Crippen LogP contribution is -2.55. The maximum Gasteiger partial charge on any atom is 0.407 e. The molecule has 0 aromatic carbocycles. The van der Waals surface area contributed by atoms with Gasteiger partial charge in [-0.1, -0.05) is 48.5 Å². The van der Waals surface area contributed by atoms with Crippen molar-refractivity contribution in [2.75, 3.05) is 0 Å². The Kier molecular flexibility index (Phi) is 10.6. The molecule has 0 bridgehead atoms. The Balaban J connectivity index is 6.18. The lowest BCUT2D eigenvalue weighted by Gasteiger charge is -2.45. The van der Waals surface area contributed by atoms with Gasteiger partial charge < -0.3 is 19.6 Å². The van der Waals surface area contributed by atoms with Crippen LogP contribution in [-0.4, -0.2) is 43.5 Å². The fourth-order valence-electron chi connectivity index (χ4n) is 3.81. The summed E-state index contributed by atoms with van der Waals surface area (Å²) in [6.07, 6.45) is 0.585. The number of carbonyl (C=O) groups is 2. The molecule has 0 fully saturated rings. The molecule has 0 spiro atoms. The third-order valence-corrected chi connectivity index (χ3v) is 6.00. The highest BCUT2D eigenvalue weighted by atomic mass is 28.3. The van der Waals surface area contributed by atoms with Gasteiger partial charge in [-0.15, -0.1) is 0 Å². The monoisotopic (exact) mass is 444 g/mol. The van der Waals surface area contributed by atoms with E-state index in [4.69, 9.17) is 9.16 Å². The highest BCUT2D eigenvalue weighted by Crippen LogP contribution is 2.41. The van der Waals surface area contributed by atoms with Gasteiger partial charge in [0.05, 0.1) is 0 Å². The number of hydrogen-bond donors (Lipinski definition) is 2. The third-order valence-electron chi connectivity index (χ3n) is 5.23. The predicted molar refractivity (Wildman–Crippen MR) is 124 cm³/mol. The van der Waals surface area contributed by atoms with E-state index in [1.165, 1.54) is 0 Å². The first-order valence-corrected chi connectivity index (χ1v) is 13.4. The van der Waals surface area contributed by atoms with E-state index in [0.717, 1.165) is 6.42 Å². The molecular formula is C23H46NO5Si. The molecule has 0 aliphatic heterocycles. The first-order chi connectivity index (χ1) is 13.3. The molecule has 0 heterocycles. The van der Waals surface area contributed by atoms with Gasteiger partial charge in [0.2, 0.25) is 9.04 Å². The highest BCUT2D eigenvalue weighted by molar-refractivity contribution is 6.48. The van der Waals surface area contributed by atoms with Gasteiger partial charge in [0.25, 0.3) is 0 Å². The molecule has 1 radical (unpaired) electrons. The van der Waals surface area contributed by atoms with Gasteiger partial charge in [-0.25, -0.2) is 9.59 Å². The van der Waals surface area contributed by atoms with Gasteiger partial charge >= 0.3 is 12.1 Å². The summed E-state index contributed by atoms with van der Waals surface area (Å²) in [4.78, 5) is 25.1. The van der Waals surface area contributed by atoms with Gasteiger partial charge in [-0.05, 0) is 69.9 Å². The van der Waals surface area contributed by atoms with E-state index in [-0.39, 0.29) is 23.3 Å². The molecule has 7 heteroatoms. The summed E-state index contributed by atoms with van der Waals surface area (Å²) in [6, 6.07) is -0.231. The van der Waals surface area contributed by atoms with Crippen LogP contribution in [-0.2, 0) is 14.0 Å². The summed E-state index contributed by atoms with van der Waals surface area (Å²) in [5.74, 6) is -0.933. The Morgan fingerprint density at radius 3 is 1.80 bits per heavy atom. The number of nitrogens with one attached hydrogen (secondary N) is 1. The zero-order valence-corrected chi connectivity index (χ0v) is 22.3. The Morgan fingerprint density at radius 2 is 1.50 bits per heavy atom. The van der Waals surface area contributed by atoms with E-state index in [0.29, 0.717) is 12.3 Å². The lowest BCUT2D eigenvalue weighted by atomic mass is 9.67. The summed E-state index contributed by atoms with van der Waals surface area (Å²) < 4.78 is 11.7. The van der Waals surface area contributed by atoms with Crippen molar-refractivity contribution in [1.29, 1.82) is 0 Å². The summed E-state index contributed by atoms with van der Waals surface area (Å²) in [5.41, 5.74) is -2.14. The zero-order chi connectivity index (χ0) is 24.1. The van der Waals surface area contributed by atoms with Crippen LogP contribution in [0.15, 0.2) is 0 Å². The van der Waals surface area contributed by atoms with E-state index in [2.05, 4.69) is 39.9 Å². The molecule has 0 unspecified atom stereocenters. The highest BCUT2D eigenvalue weighted by Gasteiger charge is 2.49. The Bertz CT molecular complexity index is 563. The molecule has 0 aliphatic carbocycles. The molecule has 0 aliphatic rings. The summed E-state index contributed by atoms with van der Waals surface area (Å²) in [6.45, 7) is 23.7. The third kappa shape index (κ3) is 9.37. The summed E-state index contributed by atoms with van der Waals surface area (Å²) in [7, 11) is -1.26. The number of alkyl carbamates (subject to hydrolysis) is 1. The van der Waals surface area contributed by atoms with Gasteiger partial charge in [-0.2, -0.15) is 0 Å². The zero-order valence-electron chi connectivity index (χ0n) is 21.3. The van der Waals surface area contributed by atoms with Crippen molar-refractivity contribution in [2.24, 2.45) is 23.2 Å². The van der Waals surface area contributed by atoms with Gasteiger partial charge in [0.15, 0.2) is 5.60 Å². The second-order valence-electron chi connectivity index (χ2n) is 11.4. The fraction of sp³-hybridized carbons (Fsp3) is 0.913. The van der Waals surface area contributed by atoms with E-state index < -0.39 is 32.3 Å². The number of ether oxygens (including phenoxy) is 1. The molecule has 0 aromatic rings. The molecule has 0 aromatic heterocycles. The summed E-state index contributed by atoms with van der Waals surface area (Å²) in [5, 5.41) is 13.3. The Hall–Kier alpha value is -1.08. The second-order valence-corrected chi connectivity index (χ2v) is 13.4. The number of aliphatic carboxylic acids is 1. The molecule has 3 atom stereocenters. The van der Waals surface area contributed by atoms with Crippen LogP contribution in [0.2, 0.25) is 13.1 Å². The molecule has 0 saturated heterocycles. The molecule has 6 nitrogen and oxygen atoms in total. The maximum atomic E-state index is 12.6. The molecular weight excluding hydrogens is 398 g/mol. The summed E-state index contributed by atoms with van der Waals surface area (Å²) >= 11 is 0. The van der Waals surface area contributed by atoms with E-state index in [9.17, 15) is 14.7 Å². The van der Waals surface area contributed by atoms with Crippen LogP contribution >= 0.6 is 0 Å². The minimum Gasteiger partial charge on any atom is -0.479 e. The normalized spacial score (nSPS) is 17.0. The van der Waals surface area contributed by atoms with Crippen molar-refractivity contribution in [3.8, 4) is 0 Å². The van der Waals surface area contributed by atoms with Crippen molar-refractivity contribution in [1.82, 2.24) is 5.32 Å². The largest absolute Gasteiger partial charge is 0.479 e. The van der Waals surface area contributed by atoms with Crippen LogP contribution in [0.1, 0.15) is 82.1 Å². The van der Waals surface area contributed by atoms with Gasteiger partial charge in [0, 0.05) is 6.04 Å². The lowest BCUT2D eigenvalue weighted by molar-refractivity contribution is -0.164. The van der Waals surface area contributed by atoms with Crippen LogP contribution in [0.4, 0.5) is 4.79 Å². The SMILES string of the molecule is CC(C)C[C@H](NC(=O)OC(C)(C)C)[C@@H](C[C@@](O[Si](C)C)(C(=O)O)C(C)C)C(C)(C)C. The number of carboxylic acids is 1. The van der Waals surface area contributed by atoms with Crippen molar-refractivity contribution in [2.45, 2.75) is 112 Å². The van der Waals surface area contributed by atoms with Crippen molar-refractivity contribution in [3.05, 3.63) is 0 Å². The molecule has 177 valence electrons. The van der Waals surface area contributed by atoms with Crippen LogP contribution in [0.5, 0.6) is 0 Å². The number of amides is 1. The number of carboxylic acid groups (broad SMARTS) is 1. The molecule has 1 amide bonds. The average Bonchev–Trinajstić information content (AvgIpc) is 2.45. The Morgan fingerprint density at radius 1 is 1.00 bits per heavy atom. The van der Waals surface area contributed by atoms with Crippen molar-refractivity contribution in [3.63, 3.8) is 0 Å². The predicted octanol–water partition coefficient (Wildman–Crippen LogP) is 5.73. The van der Waals surface area contributed by atoms with Crippen LogP contribution < -0.4 is 5.32 Å². The molecule has 0 rings (SSSR count). The first-order valence-electron chi connectivity index (χ1n) is 11.0. The van der Waals surface area contributed by atoms with E-state index in [1.54, 1.807) is 0 Å². The minimum atomic E-state index is -1.29. The standard InChI is InChI=1S/C23H46NO5Si/c1-15(2)13-18(24-20(27)28-22(8,9)10)17(21(5,6)7)14-23(16(3)4,19(25)26)29-30(11)12/h15-18H,13-14H2,1-12H3,(H,24,27)(H,25,26)/t17-,18+,23+/m1/s1. The average molecular weight is 445 g/mol. The van der Waals surface area contributed by atoms with Gasteiger partial charge in [0.1, 0.15) is 5.60 Å². The molecule has 0 saturated carbocycles. The van der Waals surface area contributed by atoms with E-state index in [1.807, 2.05) is 47.7 Å². The quantitative estimate of drug-likeness (QED) is 0.421. The van der Waals surface area contributed by atoms with E-state index >= 15 is 0 Å². The smallest absolute Gasteiger partial charge is 0.407 e. The first kappa shape index (κ1) is 28.9. The molecule has 30 heavy (non-hydrogen) atoms. The maximum absolute atomic E-state index is 12.6. The topological polar surface area (TPSA) is 84.9 Å². The van der Waals surface area contributed by atoms with Gasteiger partial charge in [-0.3, -0.25) is 0 Å². The number of carbonyl (C=O) groups excluding carboxylic acids is 1. The van der Waals surface area contributed by atoms with Crippen LogP contribution in [0.25, 0.3) is 0 Å². The van der Waals surface area contributed by atoms with Crippen LogP contribution in [0, 0.1) is 23.2 Å². The fourth-order valence-corrected chi connectivity index (χ4v) is 4.94. The van der Waals surface area contributed by atoms with Crippen LogP contribution in [0.3, 0.4) is 0 Å². The van der Waals surface area contributed by atoms with Crippen molar-refractivity contribution < 1.29 is 23.9 Å². The second kappa shape index (κ2) is 11.0. The minimum absolute atomic E-state index is 0.118. The molecule has 2 N–H and O–H groups in total. The Labute approximate surface area is 186 Å². The van der Waals surface area contributed by atoms with Crippen molar-refractivity contribution >= 4 is 21.1 Å². The number of rotatable bonds is 10. The number of hydrogen-bond acceptors (Lipinski definition) is 4.